The van der Waals surface area contributed by atoms with Crippen molar-refractivity contribution in [3.63, 3.8) is 0 Å². The molecule has 1 aliphatic rings. The molecule has 0 N–H and O–H groups in total. The van der Waals surface area contributed by atoms with E-state index in [0.29, 0.717) is 21.5 Å². The van der Waals surface area contributed by atoms with Gasteiger partial charge in [0.1, 0.15) is 11.6 Å². The molecule has 0 amide bonds. The Morgan fingerprint density at radius 1 is 1.28 bits per heavy atom. The summed E-state index contributed by atoms with van der Waals surface area (Å²) in [4.78, 5) is 22.8. The monoisotopic (exact) mass is 400 g/mol. The van der Waals surface area contributed by atoms with Gasteiger partial charge in [-0.2, -0.15) is 5.26 Å². The third kappa shape index (κ3) is 3.36. The number of nitro benzene ring substituents is 1. The Hall–Kier alpha value is -3.18. The molecule has 2 aromatic rings. The molecule has 8 heteroatoms. The van der Waals surface area contributed by atoms with Crippen LogP contribution in [0.15, 0.2) is 46.4 Å². The summed E-state index contributed by atoms with van der Waals surface area (Å²) in [6, 6.07) is 10.4. The highest BCUT2D eigenvalue weighted by Gasteiger charge is 2.19. The molecule has 1 heterocycles. The second kappa shape index (κ2) is 6.75. The SMILES string of the molecule is N#C/C(=C\c1cc2c(cc1Br)OCO2)C(=O)c1cccc([N+](=O)[O-])c1. The molecule has 0 spiro atoms. The van der Waals surface area contributed by atoms with E-state index in [2.05, 4.69) is 15.9 Å². The van der Waals surface area contributed by atoms with Crippen LogP contribution in [0.5, 0.6) is 11.5 Å². The Labute approximate surface area is 150 Å². The summed E-state index contributed by atoms with van der Waals surface area (Å²) in [7, 11) is 0. The molecule has 0 saturated heterocycles. The number of nitrogens with zero attached hydrogens (tertiary/aromatic N) is 2. The molecule has 1 aliphatic heterocycles. The Balaban J connectivity index is 1.99. The number of hydrogen-bond acceptors (Lipinski definition) is 6. The van der Waals surface area contributed by atoms with Gasteiger partial charge in [0, 0.05) is 22.2 Å². The summed E-state index contributed by atoms with van der Waals surface area (Å²) >= 11 is 3.35. The summed E-state index contributed by atoms with van der Waals surface area (Å²) < 4.78 is 11.2. The minimum Gasteiger partial charge on any atom is -0.454 e. The molecular formula is C17H9BrN2O5. The highest BCUT2D eigenvalue weighted by molar-refractivity contribution is 9.10. The molecule has 0 radical (unpaired) electrons. The van der Waals surface area contributed by atoms with Gasteiger partial charge in [0.25, 0.3) is 5.69 Å². The van der Waals surface area contributed by atoms with Gasteiger partial charge in [-0.25, -0.2) is 0 Å². The number of Topliss-reactive ketones (excluding diaryl/α,β-unsaturated/α-hetero) is 1. The molecular weight excluding hydrogens is 392 g/mol. The summed E-state index contributed by atoms with van der Waals surface area (Å²) in [5.74, 6) is 0.470. The van der Waals surface area contributed by atoms with Gasteiger partial charge in [-0.05, 0) is 23.8 Å². The van der Waals surface area contributed by atoms with E-state index in [1.54, 1.807) is 12.1 Å². The van der Waals surface area contributed by atoms with Crippen LogP contribution >= 0.6 is 15.9 Å². The number of rotatable bonds is 4. The average molecular weight is 401 g/mol. The molecule has 0 aliphatic carbocycles. The summed E-state index contributed by atoms with van der Waals surface area (Å²) in [6.07, 6.45) is 1.40. The van der Waals surface area contributed by atoms with Crippen molar-refractivity contribution in [2.75, 3.05) is 6.79 Å². The van der Waals surface area contributed by atoms with E-state index in [1.807, 2.05) is 6.07 Å². The van der Waals surface area contributed by atoms with E-state index in [4.69, 9.17) is 9.47 Å². The lowest BCUT2D eigenvalue weighted by atomic mass is 10.0. The van der Waals surface area contributed by atoms with E-state index in [9.17, 15) is 20.2 Å². The van der Waals surface area contributed by atoms with Crippen LogP contribution in [0.1, 0.15) is 15.9 Å². The zero-order chi connectivity index (χ0) is 18.0. The first-order valence-corrected chi connectivity index (χ1v) is 7.79. The zero-order valence-electron chi connectivity index (χ0n) is 12.6. The number of ketones is 1. The van der Waals surface area contributed by atoms with Crippen molar-refractivity contribution in [3.05, 3.63) is 67.7 Å². The van der Waals surface area contributed by atoms with Crippen molar-refractivity contribution >= 4 is 33.5 Å². The van der Waals surface area contributed by atoms with Crippen LogP contribution in [0.3, 0.4) is 0 Å². The molecule has 0 bridgehead atoms. The fourth-order valence-corrected chi connectivity index (χ4v) is 2.70. The van der Waals surface area contributed by atoms with E-state index < -0.39 is 10.7 Å². The third-order valence-electron chi connectivity index (χ3n) is 3.48. The Bertz CT molecular complexity index is 962. The number of benzene rings is 2. The maximum Gasteiger partial charge on any atom is 0.270 e. The quantitative estimate of drug-likeness (QED) is 0.253. The molecule has 7 nitrogen and oxygen atoms in total. The number of allylic oxidation sites excluding steroid dienone is 1. The largest absolute Gasteiger partial charge is 0.454 e. The topological polar surface area (TPSA) is 102 Å². The van der Waals surface area contributed by atoms with Crippen LogP contribution in [0.25, 0.3) is 6.08 Å². The lowest BCUT2D eigenvalue weighted by Gasteiger charge is -2.04. The molecule has 0 fully saturated rings. The van der Waals surface area contributed by atoms with E-state index in [-0.39, 0.29) is 23.6 Å². The summed E-state index contributed by atoms with van der Waals surface area (Å²) in [5.41, 5.74) is 0.255. The molecule has 0 unspecified atom stereocenters. The van der Waals surface area contributed by atoms with Crippen molar-refractivity contribution in [1.29, 1.82) is 5.26 Å². The standard InChI is InChI=1S/C17H9BrN2O5/c18-14-7-16-15(24-9-25-16)6-11(14)4-12(8-19)17(21)10-2-1-3-13(5-10)20(22)23/h1-7H,9H2/b12-4+. The fraction of sp³-hybridized carbons (Fsp3) is 0.0588. The van der Waals surface area contributed by atoms with Gasteiger partial charge in [0.15, 0.2) is 11.5 Å². The number of non-ortho nitro benzene ring substituents is 1. The van der Waals surface area contributed by atoms with Gasteiger partial charge < -0.3 is 9.47 Å². The number of nitriles is 1. The van der Waals surface area contributed by atoms with Gasteiger partial charge in [0.2, 0.25) is 12.6 Å². The number of nitro groups is 1. The average Bonchev–Trinajstić information content (AvgIpc) is 3.06. The Morgan fingerprint density at radius 2 is 2.00 bits per heavy atom. The van der Waals surface area contributed by atoms with E-state index >= 15 is 0 Å². The number of ether oxygens (including phenoxy) is 2. The van der Waals surface area contributed by atoms with Crippen LogP contribution in [0.2, 0.25) is 0 Å². The second-order valence-electron chi connectivity index (χ2n) is 5.03. The lowest BCUT2D eigenvalue weighted by Crippen LogP contribution is -2.03. The van der Waals surface area contributed by atoms with Crippen LogP contribution in [0, 0.1) is 21.4 Å². The van der Waals surface area contributed by atoms with E-state index in [0.717, 1.165) is 6.07 Å². The number of halogens is 1. The van der Waals surface area contributed by atoms with Crippen LogP contribution in [-0.4, -0.2) is 17.5 Å². The highest BCUT2D eigenvalue weighted by Crippen LogP contribution is 2.37. The molecule has 2 aromatic carbocycles. The van der Waals surface area contributed by atoms with E-state index in [1.165, 1.54) is 24.3 Å². The van der Waals surface area contributed by atoms with Gasteiger partial charge in [0.05, 0.1) is 4.92 Å². The molecule has 0 aromatic heterocycles. The van der Waals surface area contributed by atoms with Crippen molar-refractivity contribution in [1.82, 2.24) is 0 Å². The van der Waals surface area contributed by atoms with Gasteiger partial charge in [-0.3, -0.25) is 14.9 Å². The molecule has 3 rings (SSSR count). The maximum absolute atomic E-state index is 12.5. The normalized spacial score (nSPS) is 12.6. The first kappa shape index (κ1) is 16.7. The van der Waals surface area contributed by atoms with Crippen molar-refractivity contribution in [3.8, 4) is 17.6 Å². The summed E-state index contributed by atoms with van der Waals surface area (Å²) in [5, 5.41) is 20.2. The minimum atomic E-state index is -0.601. The van der Waals surface area contributed by atoms with Crippen LogP contribution in [0.4, 0.5) is 5.69 Å². The van der Waals surface area contributed by atoms with Gasteiger partial charge in [-0.1, -0.05) is 28.1 Å². The first-order chi connectivity index (χ1) is 12.0. The molecule has 25 heavy (non-hydrogen) atoms. The number of hydrogen-bond donors (Lipinski definition) is 0. The minimum absolute atomic E-state index is 0.0684. The molecule has 0 atom stereocenters. The lowest BCUT2D eigenvalue weighted by molar-refractivity contribution is -0.384. The highest BCUT2D eigenvalue weighted by atomic mass is 79.9. The van der Waals surface area contributed by atoms with Gasteiger partial charge in [-0.15, -0.1) is 0 Å². The van der Waals surface area contributed by atoms with Crippen molar-refractivity contribution in [2.24, 2.45) is 0 Å². The number of carbonyl (C=O) groups excluding carboxylic acids is 1. The summed E-state index contributed by atoms with van der Waals surface area (Å²) in [6.45, 7) is 0.104. The Kier molecular flexibility index (Phi) is 4.50. The smallest absolute Gasteiger partial charge is 0.270 e. The predicted octanol–water partition coefficient (Wildman–Crippen LogP) is 3.88. The Morgan fingerprint density at radius 3 is 2.68 bits per heavy atom. The fourth-order valence-electron chi connectivity index (χ4n) is 2.26. The third-order valence-corrected chi connectivity index (χ3v) is 4.16. The zero-order valence-corrected chi connectivity index (χ0v) is 14.1. The van der Waals surface area contributed by atoms with Crippen LogP contribution < -0.4 is 9.47 Å². The van der Waals surface area contributed by atoms with Gasteiger partial charge >= 0.3 is 0 Å². The maximum atomic E-state index is 12.5. The molecule has 124 valence electrons. The van der Waals surface area contributed by atoms with Crippen LogP contribution in [-0.2, 0) is 0 Å². The predicted molar refractivity (Wildman–Crippen MR) is 91.3 cm³/mol. The van der Waals surface area contributed by atoms with Crippen molar-refractivity contribution in [2.45, 2.75) is 0 Å². The second-order valence-corrected chi connectivity index (χ2v) is 5.89. The first-order valence-electron chi connectivity index (χ1n) is 6.99. The number of fused-ring (bicyclic) bond motifs is 1. The van der Waals surface area contributed by atoms with Crippen molar-refractivity contribution < 1.29 is 19.2 Å². The number of carbonyl (C=O) groups is 1. The molecule has 0 saturated carbocycles.